The summed E-state index contributed by atoms with van der Waals surface area (Å²) in [5.41, 5.74) is 0.796. The average Bonchev–Trinajstić information content (AvgIpc) is 2.94. The first-order chi connectivity index (χ1) is 7.86. The first-order valence-electron chi connectivity index (χ1n) is 7.29. The summed E-state index contributed by atoms with van der Waals surface area (Å²) in [5.74, 6) is 0.942. The van der Waals surface area contributed by atoms with Crippen molar-refractivity contribution in [1.82, 2.24) is 10.2 Å². The van der Waals surface area contributed by atoms with Gasteiger partial charge in [0.15, 0.2) is 0 Å². The molecule has 92 valence electrons. The van der Waals surface area contributed by atoms with Gasteiger partial charge in [0.25, 0.3) is 0 Å². The van der Waals surface area contributed by atoms with E-state index >= 15 is 0 Å². The van der Waals surface area contributed by atoms with Crippen molar-refractivity contribution in [3.05, 3.63) is 0 Å². The van der Waals surface area contributed by atoms with Gasteiger partial charge in [0.1, 0.15) is 0 Å². The van der Waals surface area contributed by atoms with Crippen LogP contribution < -0.4 is 5.32 Å². The third-order valence-electron chi connectivity index (χ3n) is 5.26. The minimum Gasteiger partial charge on any atom is -0.316 e. The second-order valence-corrected chi connectivity index (χ2v) is 6.37. The highest BCUT2D eigenvalue weighted by Gasteiger charge is 2.37. The van der Waals surface area contributed by atoms with Gasteiger partial charge in [-0.05, 0) is 69.6 Å². The number of hydrogen-bond acceptors (Lipinski definition) is 2. The number of likely N-dealkylation sites (tertiary alicyclic amines) is 1. The lowest BCUT2D eigenvalue weighted by molar-refractivity contribution is 0.0979. The summed E-state index contributed by atoms with van der Waals surface area (Å²) in [6.07, 6.45) is 10.5. The standard InChI is InChI=1S/C14H26N2/c1-2-5-14(4-1)6-9-16(10-7-14)12-13-3-8-15-11-13/h13,15H,1-12H2. The molecule has 2 heteroatoms. The lowest BCUT2D eigenvalue weighted by Crippen LogP contribution is -2.41. The van der Waals surface area contributed by atoms with Crippen LogP contribution in [0.15, 0.2) is 0 Å². The monoisotopic (exact) mass is 222 g/mol. The molecule has 1 unspecified atom stereocenters. The molecule has 0 aromatic heterocycles. The molecule has 2 nitrogen and oxygen atoms in total. The smallest absolute Gasteiger partial charge is 0.00223 e. The number of nitrogens with zero attached hydrogens (tertiary/aromatic N) is 1. The molecule has 3 aliphatic rings. The summed E-state index contributed by atoms with van der Waals surface area (Å²) in [4.78, 5) is 2.74. The molecule has 0 aromatic rings. The highest BCUT2D eigenvalue weighted by molar-refractivity contribution is 4.90. The molecule has 1 spiro atoms. The fourth-order valence-electron chi connectivity index (χ4n) is 4.07. The third kappa shape index (κ3) is 2.28. The van der Waals surface area contributed by atoms with Crippen molar-refractivity contribution < 1.29 is 0 Å². The van der Waals surface area contributed by atoms with Crippen molar-refractivity contribution in [3.63, 3.8) is 0 Å². The van der Waals surface area contributed by atoms with Crippen LogP contribution in [0, 0.1) is 11.3 Å². The summed E-state index contributed by atoms with van der Waals surface area (Å²) < 4.78 is 0. The number of hydrogen-bond donors (Lipinski definition) is 1. The zero-order valence-corrected chi connectivity index (χ0v) is 10.5. The summed E-state index contributed by atoms with van der Waals surface area (Å²) in [6.45, 7) is 6.65. The molecule has 1 aliphatic carbocycles. The van der Waals surface area contributed by atoms with E-state index in [0.717, 1.165) is 11.3 Å². The minimum atomic E-state index is 0.796. The van der Waals surface area contributed by atoms with Gasteiger partial charge in [-0.1, -0.05) is 12.8 Å². The Hall–Kier alpha value is -0.0800. The Kier molecular flexibility index (Phi) is 3.21. The SMILES string of the molecule is C1CCC2(C1)CCN(CC1CCNC1)CC2. The quantitative estimate of drug-likeness (QED) is 0.771. The Bertz CT molecular complexity index is 217. The Labute approximate surface area is 99.8 Å². The Morgan fingerprint density at radius 1 is 1.06 bits per heavy atom. The van der Waals surface area contributed by atoms with Crippen LogP contribution in [-0.4, -0.2) is 37.6 Å². The molecule has 1 saturated carbocycles. The molecule has 0 bridgehead atoms. The summed E-state index contributed by atoms with van der Waals surface area (Å²) >= 11 is 0. The maximum atomic E-state index is 3.48. The van der Waals surface area contributed by atoms with Crippen LogP contribution in [0.25, 0.3) is 0 Å². The van der Waals surface area contributed by atoms with Crippen LogP contribution in [0.4, 0.5) is 0 Å². The zero-order chi connectivity index (χ0) is 10.8. The molecule has 3 rings (SSSR count). The van der Waals surface area contributed by atoms with Crippen LogP contribution >= 0.6 is 0 Å². The van der Waals surface area contributed by atoms with Crippen molar-refractivity contribution in [3.8, 4) is 0 Å². The van der Waals surface area contributed by atoms with Crippen LogP contribution in [0.1, 0.15) is 44.9 Å². The summed E-state index contributed by atoms with van der Waals surface area (Å²) in [7, 11) is 0. The van der Waals surface area contributed by atoms with Crippen LogP contribution in [-0.2, 0) is 0 Å². The van der Waals surface area contributed by atoms with E-state index in [-0.39, 0.29) is 0 Å². The van der Waals surface area contributed by atoms with Gasteiger partial charge in [-0.25, -0.2) is 0 Å². The van der Waals surface area contributed by atoms with Crippen LogP contribution in [0.2, 0.25) is 0 Å². The van der Waals surface area contributed by atoms with E-state index in [0.29, 0.717) is 0 Å². The van der Waals surface area contributed by atoms with Gasteiger partial charge in [-0.15, -0.1) is 0 Å². The maximum Gasteiger partial charge on any atom is 0.00223 e. The first kappa shape index (κ1) is 11.0. The molecule has 2 saturated heterocycles. The van der Waals surface area contributed by atoms with Crippen LogP contribution in [0.3, 0.4) is 0 Å². The predicted octanol–water partition coefficient (Wildman–Crippen LogP) is 2.25. The van der Waals surface area contributed by atoms with Crippen molar-refractivity contribution in [1.29, 1.82) is 0 Å². The molecule has 16 heavy (non-hydrogen) atoms. The molecule has 2 aliphatic heterocycles. The zero-order valence-electron chi connectivity index (χ0n) is 10.5. The predicted molar refractivity (Wildman–Crippen MR) is 67.6 cm³/mol. The molecular formula is C14H26N2. The van der Waals surface area contributed by atoms with E-state index < -0.39 is 0 Å². The first-order valence-corrected chi connectivity index (χ1v) is 7.29. The van der Waals surface area contributed by atoms with Gasteiger partial charge >= 0.3 is 0 Å². The van der Waals surface area contributed by atoms with Crippen LogP contribution in [0.5, 0.6) is 0 Å². The fraction of sp³-hybridized carbons (Fsp3) is 1.00. The van der Waals surface area contributed by atoms with Gasteiger partial charge in [0, 0.05) is 6.54 Å². The highest BCUT2D eigenvalue weighted by Crippen LogP contribution is 2.46. The Morgan fingerprint density at radius 3 is 2.44 bits per heavy atom. The van der Waals surface area contributed by atoms with E-state index in [1.54, 1.807) is 0 Å². The number of rotatable bonds is 2. The number of nitrogens with one attached hydrogen (secondary N) is 1. The van der Waals surface area contributed by atoms with E-state index in [4.69, 9.17) is 0 Å². The van der Waals surface area contributed by atoms with Crippen molar-refractivity contribution in [2.75, 3.05) is 32.7 Å². The van der Waals surface area contributed by atoms with Gasteiger partial charge < -0.3 is 10.2 Å². The molecule has 3 fully saturated rings. The van der Waals surface area contributed by atoms with Gasteiger partial charge in [-0.2, -0.15) is 0 Å². The topological polar surface area (TPSA) is 15.3 Å². The fourth-order valence-corrected chi connectivity index (χ4v) is 4.07. The van der Waals surface area contributed by atoms with E-state index in [9.17, 15) is 0 Å². The Balaban J connectivity index is 1.46. The van der Waals surface area contributed by atoms with E-state index in [1.165, 1.54) is 77.7 Å². The third-order valence-corrected chi connectivity index (χ3v) is 5.26. The van der Waals surface area contributed by atoms with Gasteiger partial charge in [0.2, 0.25) is 0 Å². The molecular weight excluding hydrogens is 196 g/mol. The lowest BCUT2D eigenvalue weighted by atomic mass is 9.77. The van der Waals surface area contributed by atoms with Gasteiger partial charge in [-0.3, -0.25) is 0 Å². The molecule has 2 heterocycles. The second kappa shape index (κ2) is 4.66. The lowest BCUT2D eigenvalue weighted by Gasteiger charge is -2.40. The van der Waals surface area contributed by atoms with E-state index in [2.05, 4.69) is 10.2 Å². The average molecular weight is 222 g/mol. The minimum absolute atomic E-state index is 0.796. The number of piperidine rings is 1. The second-order valence-electron chi connectivity index (χ2n) is 6.37. The summed E-state index contributed by atoms with van der Waals surface area (Å²) in [6, 6.07) is 0. The van der Waals surface area contributed by atoms with Gasteiger partial charge in [0.05, 0.1) is 0 Å². The maximum absolute atomic E-state index is 3.48. The normalized spacial score (nSPS) is 34.9. The highest BCUT2D eigenvalue weighted by atomic mass is 15.1. The Morgan fingerprint density at radius 2 is 1.81 bits per heavy atom. The van der Waals surface area contributed by atoms with Crippen molar-refractivity contribution in [2.45, 2.75) is 44.9 Å². The molecule has 1 atom stereocenters. The molecule has 0 aromatic carbocycles. The van der Waals surface area contributed by atoms with Crippen molar-refractivity contribution in [2.24, 2.45) is 11.3 Å². The van der Waals surface area contributed by atoms with E-state index in [1.807, 2.05) is 0 Å². The van der Waals surface area contributed by atoms with Crippen molar-refractivity contribution >= 4 is 0 Å². The molecule has 1 N–H and O–H groups in total. The molecule has 0 amide bonds. The largest absolute Gasteiger partial charge is 0.316 e. The molecule has 0 radical (unpaired) electrons. The summed E-state index contributed by atoms with van der Waals surface area (Å²) in [5, 5.41) is 3.48.